The Kier molecular flexibility index (Phi) is 6.57. The first-order chi connectivity index (χ1) is 15.6. The molecule has 2 amide bonds. The fourth-order valence-electron chi connectivity index (χ4n) is 3.21. The molecule has 1 fully saturated rings. The first kappa shape index (κ1) is 21.3. The van der Waals surface area contributed by atoms with Crippen LogP contribution in [0.15, 0.2) is 84.9 Å². The van der Waals surface area contributed by atoms with Crippen LogP contribution in [0.4, 0.5) is 10.5 Å². The number of benzene rings is 3. The van der Waals surface area contributed by atoms with Gasteiger partial charge in [0.25, 0.3) is 0 Å². The summed E-state index contributed by atoms with van der Waals surface area (Å²) in [6.07, 6.45) is -1.17. The molecule has 7 heteroatoms. The highest BCUT2D eigenvalue weighted by atomic mass is 16.6. The van der Waals surface area contributed by atoms with E-state index in [1.54, 1.807) is 48.5 Å². The van der Waals surface area contributed by atoms with E-state index in [0.29, 0.717) is 23.4 Å². The first-order valence-electron chi connectivity index (χ1n) is 10.2. The van der Waals surface area contributed by atoms with Gasteiger partial charge in [-0.05, 0) is 17.7 Å². The van der Waals surface area contributed by atoms with Crippen LogP contribution in [0.25, 0.3) is 0 Å². The van der Waals surface area contributed by atoms with Crippen molar-refractivity contribution in [2.24, 2.45) is 0 Å². The fourth-order valence-corrected chi connectivity index (χ4v) is 3.21. The highest BCUT2D eigenvalue weighted by Gasteiger charge is 2.39. The molecular formula is C25H22N2O5. The number of hydrogen-bond acceptors (Lipinski definition) is 5. The molecule has 1 unspecified atom stereocenters. The Labute approximate surface area is 185 Å². The topological polar surface area (TPSA) is 97.0 Å². The lowest BCUT2D eigenvalue weighted by Crippen LogP contribution is -2.47. The lowest BCUT2D eigenvalue weighted by molar-refractivity contribution is -0.118. The Hall–Kier alpha value is -3.97. The van der Waals surface area contributed by atoms with Crippen LogP contribution in [-0.4, -0.2) is 36.5 Å². The number of ether oxygens (including phenoxy) is 2. The molecular weight excluding hydrogens is 408 g/mol. The maximum atomic E-state index is 12.9. The molecule has 0 spiro atoms. The predicted octanol–water partition coefficient (Wildman–Crippen LogP) is 3.55. The van der Waals surface area contributed by atoms with Gasteiger partial charge in [-0.3, -0.25) is 9.59 Å². The molecule has 162 valence electrons. The van der Waals surface area contributed by atoms with Gasteiger partial charge < -0.3 is 20.1 Å². The fraction of sp³-hybridized carbons (Fsp3) is 0.160. The number of carbonyl (C=O) groups excluding carboxylic acids is 3. The average molecular weight is 430 g/mol. The van der Waals surface area contributed by atoms with Crippen LogP contribution in [0, 0.1) is 0 Å². The summed E-state index contributed by atoms with van der Waals surface area (Å²) in [4.78, 5) is 38.1. The van der Waals surface area contributed by atoms with Gasteiger partial charge in [0.15, 0.2) is 5.78 Å². The van der Waals surface area contributed by atoms with E-state index in [-0.39, 0.29) is 12.4 Å². The zero-order valence-electron chi connectivity index (χ0n) is 17.2. The third-order valence-electron chi connectivity index (χ3n) is 4.97. The van der Waals surface area contributed by atoms with Gasteiger partial charge in [-0.15, -0.1) is 0 Å². The molecule has 3 aromatic carbocycles. The molecule has 0 saturated carbocycles. The maximum Gasteiger partial charge on any atom is 0.408 e. The minimum absolute atomic E-state index is 0.0843. The summed E-state index contributed by atoms with van der Waals surface area (Å²) in [5, 5.41) is 5.32. The van der Waals surface area contributed by atoms with Crippen LogP contribution in [0.3, 0.4) is 0 Å². The van der Waals surface area contributed by atoms with E-state index in [4.69, 9.17) is 9.47 Å². The summed E-state index contributed by atoms with van der Waals surface area (Å²) in [6.45, 7) is 0.433. The van der Waals surface area contributed by atoms with Crippen molar-refractivity contribution in [2.75, 3.05) is 11.9 Å². The molecule has 2 N–H and O–H groups in total. The third kappa shape index (κ3) is 5.39. The van der Waals surface area contributed by atoms with E-state index in [9.17, 15) is 14.4 Å². The summed E-state index contributed by atoms with van der Waals surface area (Å²) in [5.41, 5.74) is 2.06. The lowest BCUT2D eigenvalue weighted by atomic mass is 10.0. The standard InChI is InChI=1S/C25H22N2O5/c28-23(18-11-5-2-6-12-18)19-13-7-8-14-20(19)26-24(29)22(21-16-31-21)27-25(30)32-15-17-9-3-1-4-10-17/h1-14,21-22H,15-16H2,(H,26,29)(H,27,30)/t21?,22-/m0/s1. The van der Waals surface area contributed by atoms with Crippen LogP contribution in [0.5, 0.6) is 0 Å². The van der Waals surface area contributed by atoms with Crippen LogP contribution < -0.4 is 10.6 Å². The zero-order chi connectivity index (χ0) is 22.3. The number of para-hydroxylation sites is 1. The zero-order valence-corrected chi connectivity index (χ0v) is 17.2. The molecule has 0 aromatic heterocycles. The first-order valence-corrected chi connectivity index (χ1v) is 10.2. The normalized spacial score (nSPS) is 15.3. The summed E-state index contributed by atoms with van der Waals surface area (Å²) in [5.74, 6) is -0.701. The van der Waals surface area contributed by atoms with Crippen molar-refractivity contribution in [3.05, 3.63) is 102 Å². The van der Waals surface area contributed by atoms with Crippen molar-refractivity contribution >= 4 is 23.5 Å². The van der Waals surface area contributed by atoms with Crippen LogP contribution >= 0.6 is 0 Å². The lowest BCUT2D eigenvalue weighted by Gasteiger charge is -2.18. The Morgan fingerprint density at radius 1 is 0.906 bits per heavy atom. The van der Waals surface area contributed by atoms with E-state index >= 15 is 0 Å². The van der Waals surface area contributed by atoms with Crippen molar-refractivity contribution in [3.63, 3.8) is 0 Å². The number of alkyl carbamates (subject to hydrolysis) is 1. The summed E-state index contributed by atoms with van der Waals surface area (Å²) < 4.78 is 10.5. The number of nitrogens with one attached hydrogen (secondary N) is 2. The predicted molar refractivity (Wildman–Crippen MR) is 118 cm³/mol. The second kappa shape index (κ2) is 9.89. The summed E-state index contributed by atoms with van der Waals surface area (Å²) >= 11 is 0. The molecule has 0 bridgehead atoms. The molecule has 1 aliphatic heterocycles. The number of epoxide rings is 1. The van der Waals surface area contributed by atoms with Crippen molar-refractivity contribution in [1.29, 1.82) is 0 Å². The Morgan fingerprint density at radius 2 is 1.53 bits per heavy atom. The second-order valence-corrected chi connectivity index (χ2v) is 7.29. The largest absolute Gasteiger partial charge is 0.445 e. The number of amides is 2. The number of ketones is 1. The summed E-state index contributed by atoms with van der Waals surface area (Å²) in [6, 6.07) is 23.8. The van der Waals surface area contributed by atoms with Crippen LogP contribution in [0.2, 0.25) is 0 Å². The molecule has 4 rings (SSSR count). The van der Waals surface area contributed by atoms with Gasteiger partial charge in [0, 0.05) is 11.1 Å². The highest BCUT2D eigenvalue weighted by Crippen LogP contribution is 2.21. The molecule has 1 aliphatic rings. The number of hydrogen-bond donors (Lipinski definition) is 2. The SMILES string of the molecule is O=C(N[C@H](C(=O)Nc1ccccc1C(=O)c1ccccc1)C1CO1)OCc1ccccc1. The van der Waals surface area contributed by atoms with Gasteiger partial charge in [0.2, 0.25) is 5.91 Å². The number of carbonyl (C=O) groups is 3. The smallest absolute Gasteiger partial charge is 0.408 e. The van der Waals surface area contributed by atoms with E-state index < -0.39 is 24.1 Å². The Bertz CT molecular complexity index is 1100. The van der Waals surface area contributed by atoms with E-state index in [2.05, 4.69) is 10.6 Å². The van der Waals surface area contributed by atoms with Gasteiger partial charge in [0.1, 0.15) is 18.8 Å². The van der Waals surface area contributed by atoms with Gasteiger partial charge >= 0.3 is 6.09 Å². The summed E-state index contributed by atoms with van der Waals surface area (Å²) in [7, 11) is 0. The molecule has 1 saturated heterocycles. The number of rotatable bonds is 8. The quantitative estimate of drug-likeness (QED) is 0.421. The maximum absolute atomic E-state index is 12.9. The number of anilines is 1. The minimum atomic E-state index is -0.946. The van der Waals surface area contributed by atoms with E-state index in [0.717, 1.165) is 5.56 Å². The average Bonchev–Trinajstić information content (AvgIpc) is 3.67. The van der Waals surface area contributed by atoms with Gasteiger partial charge in [-0.25, -0.2) is 4.79 Å². The van der Waals surface area contributed by atoms with Gasteiger partial charge in [-0.2, -0.15) is 0 Å². The Balaban J connectivity index is 1.43. The molecule has 0 aliphatic carbocycles. The Morgan fingerprint density at radius 3 is 2.22 bits per heavy atom. The van der Waals surface area contributed by atoms with E-state index in [1.165, 1.54) is 0 Å². The van der Waals surface area contributed by atoms with Crippen molar-refractivity contribution in [3.8, 4) is 0 Å². The molecule has 2 atom stereocenters. The van der Waals surface area contributed by atoms with E-state index in [1.807, 2.05) is 36.4 Å². The monoisotopic (exact) mass is 430 g/mol. The van der Waals surface area contributed by atoms with Crippen molar-refractivity contribution in [1.82, 2.24) is 5.32 Å². The molecule has 7 nitrogen and oxygen atoms in total. The second-order valence-electron chi connectivity index (χ2n) is 7.29. The molecule has 1 heterocycles. The van der Waals surface area contributed by atoms with Crippen LogP contribution in [0.1, 0.15) is 21.5 Å². The molecule has 32 heavy (non-hydrogen) atoms. The van der Waals surface area contributed by atoms with Gasteiger partial charge in [-0.1, -0.05) is 72.8 Å². The van der Waals surface area contributed by atoms with Crippen molar-refractivity contribution in [2.45, 2.75) is 18.8 Å². The highest BCUT2D eigenvalue weighted by molar-refractivity contribution is 6.14. The third-order valence-corrected chi connectivity index (χ3v) is 4.97. The van der Waals surface area contributed by atoms with Crippen LogP contribution in [-0.2, 0) is 20.9 Å². The van der Waals surface area contributed by atoms with Gasteiger partial charge in [0.05, 0.1) is 12.3 Å². The van der Waals surface area contributed by atoms with Crippen molar-refractivity contribution < 1.29 is 23.9 Å². The molecule has 0 radical (unpaired) electrons. The minimum Gasteiger partial charge on any atom is -0.445 e. The molecule has 3 aromatic rings.